The van der Waals surface area contributed by atoms with Crippen LogP contribution in [0.2, 0.25) is 0 Å². The normalized spacial score (nSPS) is 18.1. The van der Waals surface area contributed by atoms with Gasteiger partial charge in [-0.25, -0.2) is 4.98 Å². The number of alkyl halides is 3. The smallest absolute Gasteiger partial charge is 0.416 e. The minimum atomic E-state index is -4.54. The van der Waals surface area contributed by atoms with E-state index in [0.717, 1.165) is 12.3 Å². The fourth-order valence-electron chi connectivity index (χ4n) is 3.38. The van der Waals surface area contributed by atoms with Gasteiger partial charge in [0.2, 0.25) is 5.88 Å². The summed E-state index contributed by atoms with van der Waals surface area (Å²) in [4.78, 5) is 14.0. The van der Waals surface area contributed by atoms with Crippen LogP contribution >= 0.6 is 0 Å². The van der Waals surface area contributed by atoms with Gasteiger partial charge in [0.15, 0.2) is 0 Å². The minimum Gasteiger partial charge on any atom is -0.485 e. The monoisotopic (exact) mass is 432 g/mol. The zero-order chi connectivity index (χ0) is 22.2. The van der Waals surface area contributed by atoms with Gasteiger partial charge in [0, 0.05) is 29.7 Å². The van der Waals surface area contributed by atoms with E-state index in [1.165, 1.54) is 48.5 Å². The number of hydrogen-bond acceptors (Lipinski definition) is 6. The highest BCUT2D eigenvalue weighted by Gasteiger charge is 2.38. The Morgan fingerprint density at radius 3 is 2.58 bits per heavy atom. The van der Waals surface area contributed by atoms with Crippen molar-refractivity contribution in [2.45, 2.75) is 24.8 Å². The Morgan fingerprint density at radius 2 is 1.90 bits per heavy atom. The van der Waals surface area contributed by atoms with E-state index in [4.69, 9.17) is 9.47 Å². The first-order chi connectivity index (χ1) is 14.7. The van der Waals surface area contributed by atoms with E-state index >= 15 is 0 Å². The summed E-state index contributed by atoms with van der Waals surface area (Å²) >= 11 is 0. The molecular weight excluding hydrogens is 417 g/mol. The highest BCUT2D eigenvalue weighted by molar-refractivity contribution is 5.45. The number of nitrogens with zero attached hydrogens (tertiary/aromatic N) is 2. The van der Waals surface area contributed by atoms with Gasteiger partial charge in [-0.1, -0.05) is 18.2 Å². The predicted octanol–water partition coefficient (Wildman–Crippen LogP) is 5.36. The van der Waals surface area contributed by atoms with Gasteiger partial charge >= 0.3 is 6.18 Å². The molecule has 1 N–H and O–H groups in total. The Morgan fingerprint density at radius 1 is 1.13 bits per heavy atom. The summed E-state index contributed by atoms with van der Waals surface area (Å²) in [6.45, 7) is 0. The van der Waals surface area contributed by atoms with Crippen molar-refractivity contribution in [2.24, 2.45) is 0 Å². The van der Waals surface area contributed by atoms with E-state index in [9.17, 15) is 28.4 Å². The first-order valence-corrected chi connectivity index (χ1v) is 9.15. The average molecular weight is 432 g/mol. The van der Waals surface area contributed by atoms with Crippen LogP contribution in [0.25, 0.3) is 0 Å². The number of aromatic nitrogens is 1. The molecule has 0 saturated carbocycles. The number of hydrogen-bond donors (Lipinski definition) is 1. The molecule has 0 saturated heterocycles. The topological polar surface area (TPSA) is 94.7 Å². The van der Waals surface area contributed by atoms with Crippen LogP contribution in [0.15, 0.2) is 60.8 Å². The summed E-state index contributed by atoms with van der Waals surface area (Å²) in [5, 5.41) is 21.3. The fourth-order valence-corrected chi connectivity index (χ4v) is 3.38. The Balaban J connectivity index is 1.57. The maximum Gasteiger partial charge on any atom is 0.416 e. The Kier molecular flexibility index (Phi) is 5.24. The summed E-state index contributed by atoms with van der Waals surface area (Å²) in [6, 6.07) is 12.2. The third-order valence-electron chi connectivity index (χ3n) is 4.81. The van der Waals surface area contributed by atoms with E-state index in [1.54, 1.807) is 0 Å². The van der Waals surface area contributed by atoms with Crippen LogP contribution in [0.1, 0.15) is 35.3 Å². The van der Waals surface area contributed by atoms with Crippen LogP contribution in [0, 0.1) is 10.1 Å². The summed E-state index contributed by atoms with van der Waals surface area (Å²) in [6.07, 6.45) is -5.61. The van der Waals surface area contributed by atoms with Crippen LogP contribution in [0.4, 0.5) is 18.9 Å². The van der Waals surface area contributed by atoms with Crippen LogP contribution in [0.3, 0.4) is 0 Å². The van der Waals surface area contributed by atoms with Crippen molar-refractivity contribution in [1.29, 1.82) is 0 Å². The summed E-state index contributed by atoms with van der Waals surface area (Å²) in [5.74, 6) is 0.635. The van der Waals surface area contributed by atoms with Crippen molar-refractivity contribution in [3.8, 4) is 17.4 Å². The van der Waals surface area contributed by atoms with Crippen molar-refractivity contribution in [2.75, 3.05) is 0 Å². The van der Waals surface area contributed by atoms with Crippen LogP contribution in [0.5, 0.6) is 17.4 Å². The van der Waals surface area contributed by atoms with Gasteiger partial charge in [-0.05, 0) is 24.3 Å². The summed E-state index contributed by atoms with van der Waals surface area (Å²) in [5.41, 5.74) is -0.679. The minimum absolute atomic E-state index is 0.0462. The quantitative estimate of drug-likeness (QED) is 0.441. The molecule has 4 rings (SSSR count). The molecule has 0 aliphatic carbocycles. The number of aliphatic hydroxyl groups excluding tert-OH is 1. The molecule has 0 radical (unpaired) electrons. The Bertz CT molecular complexity index is 1120. The van der Waals surface area contributed by atoms with Crippen molar-refractivity contribution < 1.29 is 32.7 Å². The third-order valence-corrected chi connectivity index (χ3v) is 4.81. The van der Waals surface area contributed by atoms with Crippen molar-refractivity contribution in [3.05, 3.63) is 87.6 Å². The van der Waals surface area contributed by atoms with Gasteiger partial charge in [-0.3, -0.25) is 10.1 Å². The van der Waals surface area contributed by atoms with E-state index in [0.29, 0.717) is 5.56 Å². The molecule has 2 aromatic carbocycles. The maximum absolute atomic E-state index is 13.3. The number of halogens is 3. The highest BCUT2D eigenvalue weighted by Crippen LogP contribution is 2.45. The second kappa shape index (κ2) is 7.88. The summed E-state index contributed by atoms with van der Waals surface area (Å²) in [7, 11) is 0. The fraction of sp³-hybridized carbons (Fsp3) is 0.190. The molecule has 2 heterocycles. The first-order valence-electron chi connectivity index (χ1n) is 9.15. The molecule has 10 heteroatoms. The van der Waals surface area contributed by atoms with Crippen molar-refractivity contribution in [3.63, 3.8) is 0 Å². The average Bonchev–Trinajstić information content (AvgIpc) is 2.74. The zero-order valence-corrected chi connectivity index (χ0v) is 15.7. The molecule has 160 valence electrons. The summed E-state index contributed by atoms with van der Waals surface area (Å²) < 4.78 is 51.4. The van der Waals surface area contributed by atoms with E-state index in [-0.39, 0.29) is 35.1 Å². The predicted molar refractivity (Wildman–Crippen MR) is 102 cm³/mol. The molecule has 2 unspecified atom stereocenters. The molecule has 0 bridgehead atoms. The van der Waals surface area contributed by atoms with E-state index < -0.39 is 28.9 Å². The molecule has 0 amide bonds. The lowest BCUT2D eigenvalue weighted by atomic mass is 9.92. The first kappa shape index (κ1) is 20.6. The molecular formula is C21H15F3N2O5. The van der Waals surface area contributed by atoms with Gasteiger partial charge in [-0.2, -0.15) is 13.2 Å². The van der Waals surface area contributed by atoms with E-state index in [1.807, 2.05) is 0 Å². The molecule has 1 aliphatic heterocycles. The maximum atomic E-state index is 13.3. The van der Waals surface area contributed by atoms with Crippen LogP contribution < -0.4 is 9.47 Å². The zero-order valence-electron chi connectivity index (χ0n) is 15.7. The highest BCUT2D eigenvalue weighted by atomic mass is 19.4. The van der Waals surface area contributed by atoms with Crippen LogP contribution in [-0.4, -0.2) is 15.0 Å². The molecule has 2 atom stereocenters. The number of ether oxygens (including phenoxy) is 2. The van der Waals surface area contributed by atoms with Crippen molar-refractivity contribution in [1.82, 2.24) is 4.98 Å². The number of pyridine rings is 1. The molecule has 3 aromatic rings. The number of benzene rings is 2. The SMILES string of the molecule is O=[N+]([O-])c1ccc(Oc2ccc3c(c2)C(O)CC(c2ccccc2C(F)(F)F)O3)nc1. The Hall–Kier alpha value is -3.66. The standard InChI is InChI=1S/C21H15F3N2O5/c22-21(23,24)16-4-2-1-3-14(16)19-10-17(27)15-9-13(6-7-18(15)31-19)30-20-8-5-12(11-25-20)26(28)29/h1-9,11,17,19,27H,10H2. The van der Waals surface area contributed by atoms with Gasteiger partial charge in [0.05, 0.1) is 16.6 Å². The van der Waals surface area contributed by atoms with Crippen LogP contribution in [-0.2, 0) is 6.18 Å². The number of nitro groups is 1. The van der Waals surface area contributed by atoms with Gasteiger partial charge in [-0.15, -0.1) is 0 Å². The lowest BCUT2D eigenvalue weighted by molar-refractivity contribution is -0.385. The molecule has 1 aromatic heterocycles. The van der Waals surface area contributed by atoms with Gasteiger partial charge in [0.25, 0.3) is 5.69 Å². The van der Waals surface area contributed by atoms with Crippen molar-refractivity contribution >= 4 is 5.69 Å². The molecule has 0 fully saturated rings. The lowest BCUT2D eigenvalue weighted by Crippen LogP contribution is -2.22. The van der Waals surface area contributed by atoms with Gasteiger partial charge in [0.1, 0.15) is 23.8 Å². The number of aliphatic hydroxyl groups is 1. The third kappa shape index (κ3) is 4.29. The lowest BCUT2D eigenvalue weighted by Gasteiger charge is -2.31. The second-order valence-corrected chi connectivity index (χ2v) is 6.86. The number of rotatable bonds is 4. The Labute approximate surface area is 173 Å². The van der Waals surface area contributed by atoms with Gasteiger partial charge < -0.3 is 14.6 Å². The molecule has 7 nitrogen and oxygen atoms in total. The molecule has 1 aliphatic rings. The molecule has 0 spiro atoms. The van der Waals surface area contributed by atoms with E-state index in [2.05, 4.69) is 4.98 Å². The second-order valence-electron chi connectivity index (χ2n) is 6.86. The molecule has 31 heavy (non-hydrogen) atoms. The largest absolute Gasteiger partial charge is 0.485 e. The number of fused-ring (bicyclic) bond motifs is 1.